The Morgan fingerprint density at radius 1 is 1.14 bits per heavy atom. The zero-order valence-electron chi connectivity index (χ0n) is 25.9. The van der Waals surface area contributed by atoms with Gasteiger partial charge < -0.3 is 40.3 Å². The van der Waals surface area contributed by atoms with Crippen LogP contribution >= 0.6 is 23.2 Å². The Hall–Kier alpha value is -3.04. The minimum absolute atomic E-state index is 0.0124. The van der Waals surface area contributed by atoms with Crippen LogP contribution in [0.3, 0.4) is 0 Å². The number of aliphatic hydroxyl groups is 1. The lowest BCUT2D eigenvalue weighted by atomic mass is 10.1. The fourth-order valence-corrected chi connectivity index (χ4v) is 8.38. The molecule has 6 atom stereocenters. The fourth-order valence-electron chi connectivity index (χ4n) is 4.26. The Bertz CT molecular complexity index is 1770. The van der Waals surface area contributed by atoms with Crippen LogP contribution in [0, 0.1) is 12.3 Å². The summed E-state index contributed by atoms with van der Waals surface area (Å²) in [7, 11) is -15.9. The number of terminal acetylenes is 1. The van der Waals surface area contributed by atoms with Crippen LogP contribution in [-0.2, 0) is 54.1 Å². The van der Waals surface area contributed by atoms with Gasteiger partial charge in [-0.05, 0) is 17.5 Å². The standard InChI is InChI=1S/C27H37N4O15P3/c1-2-12-42-13-9-24(33)29-11-3-4-21-17-31(27(35)30-26(21)34)25-15-22(32)23(44-25)18-43-48(38,39)46-49(40,41)45-47(36,37)14-10-19-5-7-20(16-28)8-6-19/h1,3-8,17,22-23,25,32H,9-16,18,28H2,(H,29,33)(H,36,37)(H,38,39)(H,40,41)(H,30,34,35)/b4-3+. The molecular formula is C27H37N4O15P3. The van der Waals surface area contributed by atoms with Gasteiger partial charge in [0, 0.05) is 25.7 Å². The first-order valence-corrected chi connectivity index (χ1v) is 19.2. The highest BCUT2D eigenvalue weighted by Gasteiger charge is 2.43. The molecule has 1 amide bonds. The molecule has 6 unspecified atom stereocenters. The summed E-state index contributed by atoms with van der Waals surface area (Å²) in [4.78, 5) is 68.6. The molecule has 1 aliphatic heterocycles. The van der Waals surface area contributed by atoms with E-state index < -0.39 is 65.7 Å². The van der Waals surface area contributed by atoms with Crippen molar-refractivity contribution in [3.05, 3.63) is 74.1 Å². The molecule has 0 bridgehead atoms. The molecule has 3 rings (SSSR count). The molecule has 49 heavy (non-hydrogen) atoms. The number of aryl methyl sites for hydroxylation is 1. The normalized spacial score (nSPS) is 21.4. The van der Waals surface area contributed by atoms with E-state index in [1.807, 2.05) is 0 Å². The zero-order valence-corrected chi connectivity index (χ0v) is 28.5. The Kier molecular flexibility index (Phi) is 15.1. The van der Waals surface area contributed by atoms with Gasteiger partial charge >= 0.3 is 28.9 Å². The summed E-state index contributed by atoms with van der Waals surface area (Å²) in [6.45, 7) is -0.375. The van der Waals surface area contributed by atoms with Gasteiger partial charge in [0.1, 0.15) is 18.9 Å². The van der Waals surface area contributed by atoms with Crippen molar-refractivity contribution in [3.8, 4) is 12.3 Å². The summed E-state index contributed by atoms with van der Waals surface area (Å²) >= 11 is 0. The second-order valence-corrected chi connectivity index (χ2v) is 15.6. The third kappa shape index (κ3) is 13.7. The van der Waals surface area contributed by atoms with Crippen LogP contribution in [0.5, 0.6) is 0 Å². The van der Waals surface area contributed by atoms with Gasteiger partial charge in [-0.2, -0.15) is 4.31 Å². The number of amides is 1. The Morgan fingerprint density at radius 2 is 1.84 bits per heavy atom. The lowest BCUT2D eigenvalue weighted by Crippen LogP contribution is -2.33. The number of aromatic amines is 1. The number of carbonyl (C=O) groups is 1. The van der Waals surface area contributed by atoms with Crippen molar-refractivity contribution in [1.82, 2.24) is 14.9 Å². The molecule has 2 aromatic rings. The van der Waals surface area contributed by atoms with Crippen molar-refractivity contribution in [2.75, 3.05) is 32.5 Å². The summed E-state index contributed by atoms with van der Waals surface area (Å²) in [5.41, 5.74) is 5.25. The fraction of sp³-hybridized carbons (Fsp3) is 0.444. The predicted molar refractivity (Wildman–Crippen MR) is 173 cm³/mol. The number of hydrogen-bond donors (Lipinski definition) is 7. The van der Waals surface area contributed by atoms with Gasteiger partial charge in [0.2, 0.25) is 5.91 Å². The topological polar surface area (TPSA) is 288 Å². The van der Waals surface area contributed by atoms with Gasteiger partial charge in [-0.3, -0.25) is 28.2 Å². The quantitative estimate of drug-likeness (QED) is 0.0584. The average molecular weight is 751 g/mol. The molecule has 0 radical (unpaired) electrons. The Morgan fingerprint density at radius 3 is 2.51 bits per heavy atom. The van der Waals surface area contributed by atoms with E-state index in [1.54, 1.807) is 24.3 Å². The lowest BCUT2D eigenvalue weighted by Gasteiger charge is -2.20. The van der Waals surface area contributed by atoms with E-state index in [9.17, 15) is 47.9 Å². The van der Waals surface area contributed by atoms with Gasteiger partial charge in [0.15, 0.2) is 0 Å². The van der Waals surface area contributed by atoms with Gasteiger partial charge in [-0.15, -0.1) is 6.42 Å². The number of benzene rings is 1. The highest BCUT2D eigenvalue weighted by Crippen LogP contribution is 2.67. The Balaban J connectivity index is 1.53. The van der Waals surface area contributed by atoms with Crippen molar-refractivity contribution in [1.29, 1.82) is 0 Å². The highest BCUT2D eigenvalue weighted by molar-refractivity contribution is 7.68. The minimum atomic E-state index is -5.64. The highest BCUT2D eigenvalue weighted by atomic mass is 31.3. The van der Waals surface area contributed by atoms with Crippen molar-refractivity contribution < 1.29 is 60.9 Å². The molecule has 1 aromatic carbocycles. The second kappa shape index (κ2) is 18.3. The summed E-state index contributed by atoms with van der Waals surface area (Å²) in [6, 6.07) is 6.64. The third-order valence-corrected chi connectivity index (χ3v) is 11.4. The molecule has 1 aliphatic rings. The molecule has 0 aliphatic carbocycles. The largest absolute Gasteiger partial charge is 0.488 e. The maximum absolute atomic E-state index is 12.5. The summed E-state index contributed by atoms with van der Waals surface area (Å²) in [5, 5.41) is 13.0. The lowest BCUT2D eigenvalue weighted by molar-refractivity contribution is -0.121. The van der Waals surface area contributed by atoms with Crippen LogP contribution in [0.15, 0.2) is 46.1 Å². The van der Waals surface area contributed by atoms with Crippen LogP contribution in [-0.4, -0.2) is 80.0 Å². The van der Waals surface area contributed by atoms with Crippen molar-refractivity contribution >= 4 is 35.2 Å². The number of nitrogens with one attached hydrogen (secondary N) is 2. The maximum Gasteiger partial charge on any atom is 0.488 e. The number of carbonyl (C=O) groups excluding carboxylic acids is 1. The van der Waals surface area contributed by atoms with Crippen LogP contribution in [0.2, 0.25) is 0 Å². The molecule has 270 valence electrons. The molecular weight excluding hydrogens is 713 g/mol. The Labute approximate surface area is 279 Å². The predicted octanol–water partition coefficient (Wildman–Crippen LogP) is 0.492. The zero-order chi connectivity index (χ0) is 36.2. The summed E-state index contributed by atoms with van der Waals surface area (Å²) in [6.07, 6.45) is 4.13. The first-order chi connectivity index (χ1) is 23.0. The number of aliphatic hydroxyl groups excluding tert-OH is 1. The van der Waals surface area contributed by atoms with E-state index in [0.29, 0.717) is 5.56 Å². The number of hydrogen-bond acceptors (Lipinski definition) is 13. The first-order valence-electron chi connectivity index (χ1n) is 14.5. The van der Waals surface area contributed by atoms with E-state index in [1.165, 1.54) is 12.2 Å². The number of aromatic nitrogens is 2. The van der Waals surface area contributed by atoms with E-state index in [-0.39, 0.29) is 57.0 Å². The van der Waals surface area contributed by atoms with Gasteiger partial charge in [-0.25, -0.2) is 18.2 Å². The number of phosphoric ester groups is 1. The van der Waals surface area contributed by atoms with Crippen LogP contribution < -0.4 is 22.3 Å². The SMILES string of the molecule is C#CCOCCC(=O)NC/C=C/c1cn(C2CC(O)C(COP(=O)(O)OP(=O)(O)OP(=O)(O)CCc3ccc(CN)cc3)O2)c(=O)[nH]c1=O. The summed E-state index contributed by atoms with van der Waals surface area (Å²) in [5.74, 6) is 1.94. The molecule has 22 heteroatoms. The number of ether oxygens (including phenoxy) is 2. The smallest absolute Gasteiger partial charge is 0.390 e. The number of nitrogens with zero attached hydrogens (tertiary/aromatic N) is 1. The van der Waals surface area contributed by atoms with Crippen LogP contribution in [0.25, 0.3) is 6.08 Å². The molecule has 1 aromatic heterocycles. The van der Waals surface area contributed by atoms with Gasteiger partial charge in [0.25, 0.3) is 5.56 Å². The molecule has 0 spiro atoms. The van der Waals surface area contributed by atoms with Crippen molar-refractivity contribution in [2.45, 2.75) is 44.2 Å². The number of phosphoric acid groups is 2. The first kappa shape index (κ1) is 40.4. The second-order valence-electron chi connectivity index (χ2n) is 10.4. The van der Waals surface area contributed by atoms with E-state index in [0.717, 1.165) is 16.3 Å². The van der Waals surface area contributed by atoms with E-state index in [2.05, 4.69) is 29.4 Å². The monoisotopic (exact) mass is 750 g/mol. The molecule has 19 nitrogen and oxygen atoms in total. The number of rotatable bonds is 19. The molecule has 2 heterocycles. The van der Waals surface area contributed by atoms with Gasteiger partial charge in [-0.1, -0.05) is 42.3 Å². The molecule has 0 saturated carbocycles. The minimum Gasteiger partial charge on any atom is -0.390 e. The van der Waals surface area contributed by atoms with Crippen LogP contribution in [0.4, 0.5) is 0 Å². The summed E-state index contributed by atoms with van der Waals surface area (Å²) < 4.78 is 61.7. The van der Waals surface area contributed by atoms with Crippen molar-refractivity contribution in [3.63, 3.8) is 0 Å². The third-order valence-electron chi connectivity index (χ3n) is 6.66. The van der Waals surface area contributed by atoms with Gasteiger partial charge in [0.05, 0.1) is 37.5 Å². The molecule has 1 saturated heterocycles. The van der Waals surface area contributed by atoms with E-state index >= 15 is 0 Å². The number of nitrogens with two attached hydrogens (primary N) is 1. The molecule has 8 N–H and O–H groups in total. The van der Waals surface area contributed by atoms with Crippen molar-refractivity contribution in [2.24, 2.45) is 5.73 Å². The van der Waals surface area contributed by atoms with E-state index in [4.69, 9.17) is 21.6 Å². The van der Waals surface area contributed by atoms with Crippen LogP contribution in [0.1, 0.15) is 35.8 Å². The average Bonchev–Trinajstić information content (AvgIpc) is 3.39. The number of H-pyrrole nitrogens is 1. The maximum atomic E-state index is 12.5. The molecule has 1 fully saturated rings.